The maximum absolute atomic E-state index is 11.5. The first kappa shape index (κ1) is 10.4. The second kappa shape index (κ2) is 3.77. The van der Waals surface area contributed by atoms with Gasteiger partial charge in [0.1, 0.15) is 0 Å². The highest BCUT2D eigenvalue weighted by molar-refractivity contribution is 6.13. The molecule has 1 N–H and O–H groups in total. The zero-order valence-electron chi connectivity index (χ0n) is 9.17. The average Bonchev–Trinajstić information content (AvgIpc) is 2.50. The third kappa shape index (κ3) is 1.95. The van der Waals surface area contributed by atoms with E-state index < -0.39 is 0 Å². The molecular weight excluding hydrogens is 192 g/mol. The zero-order chi connectivity index (χ0) is 11.0. The molecule has 0 radical (unpaired) electrons. The van der Waals surface area contributed by atoms with Crippen molar-refractivity contribution in [2.45, 2.75) is 32.2 Å². The van der Waals surface area contributed by atoms with Gasteiger partial charge in [-0.05, 0) is 26.8 Å². The van der Waals surface area contributed by atoms with Gasteiger partial charge in [0.25, 0.3) is 5.91 Å². The van der Waals surface area contributed by atoms with Gasteiger partial charge in [-0.15, -0.1) is 0 Å². The van der Waals surface area contributed by atoms with Gasteiger partial charge in [-0.1, -0.05) is 5.57 Å². The molecule has 2 aliphatic rings. The van der Waals surface area contributed by atoms with Gasteiger partial charge in [0.05, 0.1) is 6.42 Å². The van der Waals surface area contributed by atoms with Gasteiger partial charge in [-0.3, -0.25) is 14.9 Å². The third-order valence-corrected chi connectivity index (χ3v) is 3.35. The van der Waals surface area contributed by atoms with Crippen LogP contribution in [0.5, 0.6) is 0 Å². The van der Waals surface area contributed by atoms with Crippen molar-refractivity contribution in [1.82, 2.24) is 10.2 Å². The SMILES string of the molecule is CC1CC(=C2CC(=O)NC2=O)CCN1C. The van der Waals surface area contributed by atoms with Crippen LogP contribution in [0.3, 0.4) is 0 Å². The quantitative estimate of drug-likeness (QED) is 0.464. The van der Waals surface area contributed by atoms with Crippen LogP contribution in [-0.4, -0.2) is 36.3 Å². The van der Waals surface area contributed by atoms with E-state index in [1.807, 2.05) is 0 Å². The predicted molar refractivity (Wildman–Crippen MR) is 56.1 cm³/mol. The number of amides is 2. The molecule has 2 heterocycles. The number of hydrogen-bond acceptors (Lipinski definition) is 3. The summed E-state index contributed by atoms with van der Waals surface area (Å²) in [4.78, 5) is 24.8. The summed E-state index contributed by atoms with van der Waals surface area (Å²) in [5.74, 6) is -0.333. The minimum Gasteiger partial charge on any atom is -0.303 e. The molecule has 0 aromatic carbocycles. The van der Waals surface area contributed by atoms with Crippen LogP contribution in [0, 0.1) is 0 Å². The van der Waals surface area contributed by atoms with E-state index >= 15 is 0 Å². The zero-order valence-corrected chi connectivity index (χ0v) is 9.17. The van der Waals surface area contributed by atoms with Crippen LogP contribution in [0.2, 0.25) is 0 Å². The average molecular weight is 208 g/mol. The minimum atomic E-state index is -0.174. The number of nitrogens with one attached hydrogen (secondary N) is 1. The number of carbonyl (C=O) groups excluding carboxylic acids is 2. The van der Waals surface area contributed by atoms with E-state index in [2.05, 4.69) is 24.2 Å². The lowest BCUT2D eigenvalue weighted by Gasteiger charge is -2.31. The first-order valence-corrected chi connectivity index (χ1v) is 5.33. The summed E-state index contributed by atoms with van der Waals surface area (Å²) in [6.07, 6.45) is 2.11. The van der Waals surface area contributed by atoms with E-state index in [-0.39, 0.29) is 18.2 Å². The Balaban J connectivity index is 2.19. The summed E-state index contributed by atoms with van der Waals surface area (Å²) < 4.78 is 0. The van der Waals surface area contributed by atoms with Gasteiger partial charge in [0.15, 0.2) is 0 Å². The molecule has 0 bridgehead atoms. The van der Waals surface area contributed by atoms with Gasteiger partial charge in [0, 0.05) is 18.2 Å². The second-order valence-electron chi connectivity index (χ2n) is 4.42. The maximum atomic E-state index is 11.5. The molecule has 0 saturated carbocycles. The number of piperidine rings is 1. The molecule has 4 nitrogen and oxygen atoms in total. The van der Waals surface area contributed by atoms with Gasteiger partial charge in [-0.25, -0.2) is 0 Å². The molecule has 2 fully saturated rings. The molecule has 0 aromatic heterocycles. The Morgan fingerprint density at radius 1 is 1.40 bits per heavy atom. The summed E-state index contributed by atoms with van der Waals surface area (Å²) in [5, 5.41) is 2.34. The predicted octanol–water partition coefficient (Wildman–Crippen LogP) is 0.444. The van der Waals surface area contributed by atoms with Gasteiger partial charge >= 0.3 is 0 Å². The lowest BCUT2D eigenvalue weighted by atomic mass is 9.93. The standard InChI is InChI=1S/C11H16N2O2/c1-7-5-8(3-4-13(7)2)9-6-10(14)12-11(9)15/h7H,3-6H2,1-2H3,(H,12,14,15). The number of hydrogen-bond donors (Lipinski definition) is 1. The van der Waals surface area contributed by atoms with Crippen molar-refractivity contribution < 1.29 is 9.59 Å². The first-order valence-electron chi connectivity index (χ1n) is 5.33. The normalized spacial score (nSPS) is 33.3. The molecular formula is C11H16N2O2. The van der Waals surface area contributed by atoms with Crippen molar-refractivity contribution >= 4 is 11.8 Å². The maximum Gasteiger partial charge on any atom is 0.254 e. The van der Waals surface area contributed by atoms with Crippen molar-refractivity contribution in [3.05, 3.63) is 11.1 Å². The van der Waals surface area contributed by atoms with Gasteiger partial charge < -0.3 is 4.90 Å². The Labute approximate surface area is 89.3 Å². The van der Waals surface area contributed by atoms with Crippen LogP contribution >= 0.6 is 0 Å². The number of nitrogens with zero attached hydrogens (tertiary/aromatic N) is 1. The van der Waals surface area contributed by atoms with Crippen LogP contribution in [0.1, 0.15) is 26.2 Å². The molecule has 4 heteroatoms. The van der Waals surface area contributed by atoms with Crippen LogP contribution in [0.4, 0.5) is 0 Å². The topological polar surface area (TPSA) is 49.4 Å². The van der Waals surface area contributed by atoms with E-state index in [0.29, 0.717) is 6.04 Å². The second-order valence-corrected chi connectivity index (χ2v) is 4.42. The van der Waals surface area contributed by atoms with E-state index in [1.54, 1.807) is 0 Å². The summed E-state index contributed by atoms with van der Waals surface area (Å²) in [7, 11) is 2.09. The van der Waals surface area contributed by atoms with Crippen LogP contribution in [-0.2, 0) is 9.59 Å². The van der Waals surface area contributed by atoms with E-state index in [4.69, 9.17) is 0 Å². The largest absolute Gasteiger partial charge is 0.303 e. The summed E-state index contributed by atoms with van der Waals surface area (Å²) in [6, 6.07) is 0.463. The number of imide groups is 1. The Hall–Kier alpha value is -1.16. The number of carbonyl (C=O) groups is 2. The van der Waals surface area contributed by atoms with Crippen molar-refractivity contribution in [2.75, 3.05) is 13.6 Å². The molecule has 1 unspecified atom stereocenters. The van der Waals surface area contributed by atoms with Crippen molar-refractivity contribution in [3.8, 4) is 0 Å². The Morgan fingerprint density at radius 3 is 2.67 bits per heavy atom. The van der Waals surface area contributed by atoms with E-state index in [1.165, 1.54) is 5.57 Å². The highest BCUT2D eigenvalue weighted by atomic mass is 16.2. The van der Waals surface area contributed by atoms with Crippen molar-refractivity contribution in [3.63, 3.8) is 0 Å². The van der Waals surface area contributed by atoms with Crippen molar-refractivity contribution in [2.24, 2.45) is 0 Å². The summed E-state index contributed by atoms with van der Waals surface area (Å²) >= 11 is 0. The molecule has 2 amide bonds. The lowest BCUT2D eigenvalue weighted by molar-refractivity contribution is -0.124. The van der Waals surface area contributed by atoms with E-state index in [9.17, 15) is 9.59 Å². The fraction of sp³-hybridized carbons (Fsp3) is 0.636. The van der Waals surface area contributed by atoms with Crippen LogP contribution < -0.4 is 5.32 Å². The lowest BCUT2D eigenvalue weighted by Crippen LogP contribution is -2.35. The van der Waals surface area contributed by atoms with Crippen LogP contribution in [0.25, 0.3) is 0 Å². The Bertz CT molecular complexity index is 346. The number of rotatable bonds is 0. The van der Waals surface area contributed by atoms with Crippen LogP contribution in [0.15, 0.2) is 11.1 Å². The fourth-order valence-corrected chi connectivity index (χ4v) is 2.19. The molecule has 15 heavy (non-hydrogen) atoms. The highest BCUT2D eigenvalue weighted by Gasteiger charge is 2.29. The highest BCUT2D eigenvalue weighted by Crippen LogP contribution is 2.27. The molecule has 0 aromatic rings. The fourth-order valence-electron chi connectivity index (χ4n) is 2.19. The minimum absolute atomic E-state index is 0.158. The molecule has 0 spiro atoms. The third-order valence-electron chi connectivity index (χ3n) is 3.35. The monoisotopic (exact) mass is 208 g/mol. The molecule has 2 aliphatic heterocycles. The van der Waals surface area contributed by atoms with E-state index in [0.717, 1.165) is 25.0 Å². The first-order chi connectivity index (χ1) is 7.08. The molecule has 2 saturated heterocycles. The Morgan fingerprint density at radius 2 is 2.13 bits per heavy atom. The van der Waals surface area contributed by atoms with Gasteiger partial charge in [-0.2, -0.15) is 0 Å². The smallest absolute Gasteiger partial charge is 0.254 e. The molecule has 82 valence electrons. The molecule has 0 aliphatic carbocycles. The van der Waals surface area contributed by atoms with Crippen molar-refractivity contribution in [1.29, 1.82) is 0 Å². The summed E-state index contributed by atoms with van der Waals surface area (Å²) in [5.41, 5.74) is 1.89. The Kier molecular flexibility index (Phi) is 2.61. The summed E-state index contributed by atoms with van der Waals surface area (Å²) in [6.45, 7) is 3.12. The molecule has 2 rings (SSSR count). The van der Waals surface area contributed by atoms with Gasteiger partial charge in [0.2, 0.25) is 5.91 Å². The number of likely N-dealkylation sites (tertiary alicyclic amines) is 1. The molecule has 1 atom stereocenters.